The van der Waals surface area contributed by atoms with Crippen LogP contribution in [0.15, 0.2) is 10.9 Å². The van der Waals surface area contributed by atoms with Crippen molar-refractivity contribution >= 4 is 11.3 Å². The Morgan fingerprint density at radius 2 is 2.28 bits per heavy atom. The maximum Gasteiger partial charge on any atom is 0.0794 e. The van der Waals surface area contributed by atoms with E-state index in [0.717, 1.165) is 18.9 Å². The maximum absolute atomic E-state index is 4.35. The quantitative estimate of drug-likeness (QED) is 0.900. The summed E-state index contributed by atoms with van der Waals surface area (Å²) in [5.74, 6) is 0.930. The van der Waals surface area contributed by atoms with Crippen LogP contribution in [0.3, 0.4) is 0 Å². The van der Waals surface area contributed by atoms with Crippen LogP contribution < -0.4 is 5.32 Å². The van der Waals surface area contributed by atoms with Crippen molar-refractivity contribution in [3.63, 3.8) is 0 Å². The highest BCUT2D eigenvalue weighted by Crippen LogP contribution is 2.65. The highest BCUT2D eigenvalue weighted by atomic mass is 32.1. The summed E-state index contributed by atoms with van der Waals surface area (Å²) < 4.78 is 0. The molecule has 100 valence electrons. The lowest BCUT2D eigenvalue weighted by atomic mass is 9.69. The minimum absolute atomic E-state index is 0.500. The van der Waals surface area contributed by atoms with Gasteiger partial charge in [-0.15, -0.1) is 11.3 Å². The number of rotatable bonds is 4. The van der Waals surface area contributed by atoms with E-state index in [0.29, 0.717) is 16.9 Å². The summed E-state index contributed by atoms with van der Waals surface area (Å²) in [6.07, 6.45) is 5.29. The van der Waals surface area contributed by atoms with E-state index in [4.69, 9.17) is 0 Å². The Bertz CT molecular complexity index is 412. The van der Waals surface area contributed by atoms with Crippen LogP contribution in [0, 0.1) is 16.7 Å². The van der Waals surface area contributed by atoms with Gasteiger partial charge in [0, 0.05) is 24.4 Å². The number of hydrogen-bond acceptors (Lipinski definition) is 3. The van der Waals surface area contributed by atoms with Crippen molar-refractivity contribution in [2.75, 3.05) is 6.54 Å². The van der Waals surface area contributed by atoms with Gasteiger partial charge in [-0.25, -0.2) is 4.98 Å². The van der Waals surface area contributed by atoms with Gasteiger partial charge in [-0.2, -0.15) is 0 Å². The lowest BCUT2D eigenvalue weighted by molar-refractivity contribution is 0.121. The highest BCUT2D eigenvalue weighted by Gasteiger charge is 2.60. The Kier molecular flexibility index (Phi) is 3.02. The molecule has 2 aliphatic carbocycles. The second kappa shape index (κ2) is 4.31. The van der Waals surface area contributed by atoms with Gasteiger partial charge in [-0.1, -0.05) is 20.8 Å². The largest absolute Gasteiger partial charge is 0.313 e. The zero-order valence-electron chi connectivity index (χ0n) is 11.7. The Morgan fingerprint density at radius 1 is 1.44 bits per heavy atom. The predicted molar refractivity (Wildman–Crippen MR) is 76.8 cm³/mol. The van der Waals surface area contributed by atoms with Gasteiger partial charge in [0.2, 0.25) is 0 Å². The molecule has 3 heteroatoms. The SMILES string of the molecule is CC1(C)C2CCC1(C)C(NCCc1cscn1)C2. The van der Waals surface area contributed by atoms with E-state index < -0.39 is 0 Å². The maximum atomic E-state index is 4.35. The fraction of sp³-hybridized carbons (Fsp3) is 0.800. The van der Waals surface area contributed by atoms with Crippen molar-refractivity contribution in [2.24, 2.45) is 16.7 Å². The van der Waals surface area contributed by atoms with Gasteiger partial charge in [0.25, 0.3) is 0 Å². The third kappa shape index (κ3) is 1.75. The molecule has 0 amide bonds. The van der Waals surface area contributed by atoms with Crippen LogP contribution in [0.4, 0.5) is 0 Å². The first kappa shape index (κ1) is 12.6. The topological polar surface area (TPSA) is 24.9 Å². The monoisotopic (exact) mass is 264 g/mol. The van der Waals surface area contributed by atoms with Crippen molar-refractivity contribution in [1.29, 1.82) is 0 Å². The van der Waals surface area contributed by atoms with E-state index in [1.54, 1.807) is 11.3 Å². The molecular weight excluding hydrogens is 240 g/mol. The fourth-order valence-corrected chi connectivity index (χ4v) is 4.84. The van der Waals surface area contributed by atoms with E-state index in [2.05, 4.69) is 36.5 Å². The number of fused-ring (bicyclic) bond motifs is 2. The van der Waals surface area contributed by atoms with Crippen molar-refractivity contribution < 1.29 is 0 Å². The molecule has 0 aromatic carbocycles. The third-order valence-corrected chi connectivity index (χ3v) is 6.68. The van der Waals surface area contributed by atoms with Crippen molar-refractivity contribution in [3.8, 4) is 0 Å². The fourth-order valence-electron chi connectivity index (χ4n) is 4.25. The molecule has 1 aromatic heterocycles. The normalized spacial score (nSPS) is 37.3. The van der Waals surface area contributed by atoms with Crippen LogP contribution in [0.5, 0.6) is 0 Å². The lowest BCUT2D eigenvalue weighted by Gasteiger charge is -2.39. The van der Waals surface area contributed by atoms with Gasteiger partial charge in [0.1, 0.15) is 0 Å². The number of nitrogens with one attached hydrogen (secondary N) is 1. The number of nitrogens with zero attached hydrogens (tertiary/aromatic N) is 1. The average Bonchev–Trinajstić information content (AvgIpc) is 2.95. The first-order valence-corrected chi connectivity index (χ1v) is 8.09. The molecule has 0 radical (unpaired) electrons. The van der Waals surface area contributed by atoms with Gasteiger partial charge >= 0.3 is 0 Å². The summed E-state index contributed by atoms with van der Waals surface area (Å²) in [6.45, 7) is 8.53. The average molecular weight is 264 g/mol. The summed E-state index contributed by atoms with van der Waals surface area (Å²) in [7, 11) is 0. The van der Waals surface area contributed by atoms with Crippen LogP contribution in [0.1, 0.15) is 45.7 Å². The zero-order chi connectivity index (χ0) is 12.8. The summed E-state index contributed by atoms with van der Waals surface area (Å²) >= 11 is 1.69. The van der Waals surface area contributed by atoms with Gasteiger partial charge < -0.3 is 5.32 Å². The zero-order valence-corrected chi connectivity index (χ0v) is 12.5. The van der Waals surface area contributed by atoms with E-state index in [9.17, 15) is 0 Å². The van der Waals surface area contributed by atoms with Crippen LogP contribution >= 0.6 is 11.3 Å². The standard InChI is InChI=1S/C15H24N2S/c1-14(2)11-4-6-15(14,3)13(8-11)16-7-5-12-9-18-10-17-12/h9-11,13,16H,4-8H2,1-3H3. The summed E-state index contributed by atoms with van der Waals surface area (Å²) in [6, 6.07) is 0.713. The molecule has 3 atom stereocenters. The second-order valence-electron chi connectivity index (χ2n) is 6.85. The van der Waals surface area contributed by atoms with Crippen LogP contribution in [0.2, 0.25) is 0 Å². The molecule has 2 bridgehead atoms. The summed E-state index contributed by atoms with van der Waals surface area (Å²) in [5.41, 5.74) is 4.18. The Labute approximate surface area is 114 Å². The van der Waals surface area contributed by atoms with Crippen molar-refractivity contribution in [2.45, 2.75) is 52.5 Å². The minimum Gasteiger partial charge on any atom is -0.313 e. The summed E-state index contributed by atoms with van der Waals surface area (Å²) in [4.78, 5) is 4.35. The third-order valence-electron chi connectivity index (χ3n) is 6.05. The Hall–Kier alpha value is -0.410. The van der Waals surface area contributed by atoms with Gasteiger partial charge in [-0.3, -0.25) is 0 Å². The molecule has 1 N–H and O–H groups in total. The molecule has 3 unspecified atom stereocenters. The highest BCUT2D eigenvalue weighted by molar-refractivity contribution is 7.07. The predicted octanol–water partition coefficient (Wildman–Crippen LogP) is 3.49. The molecule has 3 rings (SSSR count). The second-order valence-corrected chi connectivity index (χ2v) is 7.57. The first-order chi connectivity index (χ1) is 8.54. The van der Waals surface area contributed by atoms with E-state index >= 15 is 0 Å². The molecule has 0 aliphatic heterocycles. The molecule has 1 aromatic rings. The summed E-state index contributed by atoms with van der Waals surface area (Å²) in [5, 5.41) is 5.97. The van der Waals surface area contributed by atoms with Crippen LogP contribution in [-0.2, 0) is 6.42 Å². The Balaban J connectivity index is 1.59. The van der Waals surface area contributed by atoms with Gasteiger partial charge in [-0.05, 0) is 36.0 Å². The molecule has 2 nitrogen and oxygen atoms in total. The molecule has 18 heavy (non-hydrogen) atoms. The lowest BCUT2D eigenvalue weighted by Crippen LogP contribution is -2.45. The number of aromatic nitrogens is 1. The van der Waals surface area contributed by atoms with E-state index in [1.165, 1.54) is 25.0 Å². The Morgan fingerprint density at radius 3 is 2.83 bits per heavy atom. The smallest absolute Gasteiger partial charge is 0.0794 e. The number of hydrogen-bond donors (Lipinski definition) is 1. The molecule has 1 heterocycles. The number of thiazole rings is 1. The van der Waals surface area contributed by atoms with Gasteiger partial charge in [0.05, 0.1) is 11.2 Å². The molecule has 2 aliphatic rings. The van der Waals surface area contributed by atoms with Crippen LogP contribution in [-0.4, -0.2) is 17.6 Å². The van der Waals surface area contributed by atoms with E-state index in [-0.39, 0.29) is 0 Å². The molecule has 0 spiro atoms. The van der Waals surface area contributed by atoms with Gasteiger partial charge in [0.15, 0.2) is 0 Å². The van der Waals surface area contributed by atoms with Crippen molar-refractivity contribution in [3.05, 3.63) is 16.6 Å². The van der Waals surface area contributed by atoms with Crippen LogP contribution in [0.25, 0.3) is 0 Å². The molecular formula is C15H24N2S. The minimum atomic E-state index is 0.500. The van der Waals surface area contributed by atoms with Crippen molar-refractivity contribution in [1.82, 2.24) is 10.3 Å². The molecule has 2 fully saturated rings. The van der Waals surface area contributed by atoms with E-state index in [1.807, 2.05) is 5.51 Å². The first-order valence-electron chi connectivity index (χ1n) is 7.14. The molecule has 0 saturated heterocycles. The molecule has 2 saturated carbocycles.